The number of nitrogen functional groups attached to an aromatic ring is 1. The maximum Gasteiger partial charge on any atom is 0.407 e. The van der Waals surface area contributed by atoms with E-state index in [2.05, 4.69) is 5.32 Å². The van der Waals surface area contributed by atoms with Crippen molar-refractivity contribution in [2.45, 2.75) is 26.4 Å². The van der Waals surface area contributed by atoms with Gasteiger partial charge in [-0.1, -0.05) is 48.5 Å². The van der Waals surface area contributed by atoms with E-state index in [1.165, 1.54) is 4.90 Å². The predicted molar refractivity (Wildman–Crippen MR) is 119 cm³/mol. The van der Waals surface area contributed by atoms with E-state index >= 15 is 0 Å². The summed E-state index contributed by atoms with van der Waals surface area (Å²) in [6, 6.07) is 22.1. The second-order valence-corrected chi connectivity index (χ2v) is 7.32. The molecule has 0 aromatic heterocycles. The lowest BCUT2D eigenvalue weighted by Gasteiger charge is -2.23. The molecule has 2 amide bonds. The van der Waals surface area contributed by atoms with Crippen molar-refractivity contribution in [3.63, 3.8) is 0 Å². The second kappa shape index (κ2) is 9.13. The highest BCUT2D eigenvalue weighted by Crippen LogP contribution is 2.27. The fourth-order valence-electron chi connectivity index (χ4n) is 3.10. The molecule has 0 atom stereocenters. The first-order chi connectivity index (χ1) is 14.3. The van der Waals surface area contributed by atoms with Crippen LogP contribution in [0, 0.1) is 0 Å². The quantitative estimate of drug-likeness (QED) is 0.500. The van der Waals surface area contributed by atoms with Crippen LogP contribution in [-0.4, -0.2) is 28.0 Å². The van der Waals surface area contributed by atoms with Crippen LogP contribution in [0.3, 0.4) is 0 Å². The number of hydrogen-bond acceptors (Lipinski definition) is 3. The van der Waals surface area contributed by atoms with Gasteiger partial charge in [0.05, 0.1) is 11.4 Å². The van der Waals surface area contributed by atoms with Crippen molar-refractivity contribution in [1.82, 2.24) is 4.90 Å². The molecule has 0 aliphatic carbocycles. The van der Waals surface area contributed by atoms with Crippen LogP contribution in [0.4, 0.5) is 16.2 Å². The number of carbonyl (C=O) groups excluding carboxylic acids is 1. The van der Waals surface area contributed by atoms with Gasteiger partial charge in [0.1, 0.15) is 0 Å². The maximum atomic E-state index is 12.7. The molecule has 3 rings (SSSR count). The van der Waals surface area contributed by atoms with Crippen LogP contribution < -0.4 is 11.1 Å². The predicted octanol–water partition coefficient (Wildman–Crippen LogP) is 5.08. The zero-order chi connectivity index (χ0) is 21.7. The van der Waals surface area contributed by atoms with Crippen molar-refractivity contribution in [2.24, 2.45) is 0 Å². The van der Waals surface area contributed by atoms with E-state index in [4.69, 9.17) is 5.73 Å². The lowest BCUT2D eigenvalue weighted by molar-refractivity contribution is 0.102. The minimum Gasteiger partial charge on any atom is -0.465 e. The summed E-state index contributed by atoms with van der Waals surface area (Å²) in [6.45, 7) is 3.91. The molecule has 0 saturated carbocycles. The van der Waals surface area contributed by atoms with E-state index < -0.39 is 6.09 Å². The lowest BCUT2D eigenvalue weighted by atomic mass is 10.0. The number of nitrogens with zero attached hydrogens (tertiary/aromatic N) is 1. The van der Waals surface area contributed by atoms with Crippen molar-refractivity contribution in [3.8, 4) is 11.1 Å². The first kappa shape index (κ1) is 20.9. The molecule has 0 bridgehead atoms. The van der Waals surface area contributed by atoms with Crippen molar-refractivity contribution < 1.29 is 14.7 Å². The van der Waals surface area contributed by atoms with Gasteiger partial charge < -0.3 is 21.1 Å². The lowest BCUT2D eigenvalue weighted by Crippen LogP contribution is -2.35. The Labute approximate surface area is 176 Å². The van der Waals surface area contributed by atoms with E-state index in [9.17, 15) is 14.7 Å². The van der Waals surface area contributed by atoms with Gasteiger partial charge in [0.25, 0.3) is 5.91 Å². The average molecular weight is 403 g/mol. The minimum absolute atomic E-state index is 0.134. The maximum absolute atomic E-state index is 12.7. The molecule has 6 nitrogen and oxygen atoms in total. The van der Waals surface area contributed by atoms with Gasteiger partial charge in [0.15, 0.2) is 0 Å². The first-order valence-corrected chi connectivity index (χ1v) is 9.70. The summed E-state index contributed by atoms with van der Waals surface area (Å²) in [4.78, 5) is 25.4. The Hall–Kier alpha value is -3.80. The van der Waals surface area contributed by atoms with E-state index in [0.717, 1.165) is 16.7 Å². The number of rotatable bonds is 6. The summed E-state index contributed by atoms with van der Waals surface area (Å²) in [5.74, 6) is -0.280. The number of hydrogen-bond donors (Lipinski definition) is 3. The fraction of sp³-hybridized carbons (Fsp3) is 0.167. The van der Waals surface area contributed by atoms with Crippen molar-refractivity contribution >= 4 is 23.4 Å². The summed E-state index contributed by atoms with van der Waals surface area (Å²) >= 11 is 0. The van der Waals surface area contributed by atoms with Crippen LogP contribution >= 0.6 is 0 Å². The van der Waals surface area contributed by atoms with Gasteiger partial charge >= 0.3 is 6.09 Å². The van der Waals surface area contributed by atoms with Crippen LogP contribution in [0.1, 0.15) is 29.8 Å². The standard InChI is InChI=1S/C24H25N3O3/c1-16(2)27(24(29)30)15-17-8-10-19(11-9-17)23(28)26-22-14-20(12-13-21(22)25)18-6-4-3-5-7-18/h3-14,16H,15,25H2,1-2H3,(H,26,28)(H,29,30). The Bertz CT molecular complexity index is 1030. The smallest absolute Gasteiger partial charge is 0.407 e. The van der Waals surface area contributed by atoms with Gasteiger partial charge in [-0.2, -0.15) is 0 Å². The number of nitrogens with one attached hydrogen (secondary N) is 1. The molecule has 6 heteroatoms. The van der Waals surface area contributed by atoms with Crippen LogP contribution in [0.2, 0.25) is 0 Å². The molecule has 0 fully saturated rings. The van der Waals surface area contributed by atoms with Gasteiger partial charge in [0, 0.05) is 18.2 Å². The SMILES string of the molecule is CC(C)N(Cc1ccc(C(=O)Nc2cc(-c3ccccc3)ccc2N)cc1)C(=O)O. The Kier molecular flexibility index (Phi) is 6.37. The van der Waals surface area contributed by atoms with Gasteiger partial charge in [-0.25, -0.2) is 4.79 Å². The number of anilines is 2. The van der Waals surface area contributed by atoms with Gasteiger partial charge in [-0.3, -0.25) is 4.79 Å². The molecular formula is C24H25N3O3. The molecule has 30 heavy (non-hydrogen) atoms. The first-order valence-electron chi connectivity index (χ1n) is 9.70. The molecule has 0 heterocycles. The Morgan fingerprint density at radius 3 is 2.23 bits per heavy atom. The third kappa shape index (κ3) is 4.97. The van der Waals surface area contributed by atoms with Crippen LogP contribution in [-0.2, 0) is 6.54 Å². The normalized spacial score (nSPS) is 10.6. The monoisotopic (exact) mass is 403 g/mol. The van der Waals surface area contributed by atoms with Crippen LogP contribution in [0.5, 0.6) is 0 Å². The number of benzene rings is 3. The highest BCUT2D eigenvalue weighted by atomic mass is 16.4. The van der Waals surface area contributed by atoms with Crippen LogP contribution in [0.25, 0.3) is 11.1 Å². The zero-order valence-corrected chi connectivity index (χ0v) is 17.0. The van der Waals surface area contributed by atoms with Crippen molar-refractivity contribution in [1.29, 1.82) is 0 Å². The summed E-state index contributed by atoms with van der Waals surface area (Å²) in [5, 5.41) is 12.2. The molecule has 0 aliphatic rings. The Morgan fingerprint density at radius 1 is 0.967 bits per heavy atom. The third-order valence-electron chi connectivity index (χ3n) is 4.85. The van der Waals surface area contributed by atoms with E-state index in [0.29, 0.717) is 16.9 Å². The fourth-order valence-corrected chi connectivity index (χ4v) is 3.10. The molecule has 0 unspecified atom stereocenters. The Morgan fingerprint density at radius 2 is 1.63 bits per heavy atom. The molecule has 3 aromatic carbocycles. The van der Waals surface area contributed by atoms with Gasteiger partial charge in [-0.05, 0) is 54.8 Å². The number of amides is 2. The van der Waals surface area contributed by atoms with E-state index in [-0.39, 0.29) is 18.5 Å². The summed E-state index contributed by atoms with van der Waals surface area (Å²) in [5.41, 5.74) is 10.3. The average Bonchev–Trinajstić information content (AvgIpc) is 2.74. The third-order valence-corrected chi connectivity index (χ3v) is 4.85. The molecule has 154 valence electrons. The van der Waals surface area contributed by atoms with Gasteiger partial charge in [-0.15, -0.1) is 0 Å². The summed E-state index contributed by atoms with van der Waals surface area (Å²) in [6.07, 6.45) is -0.972. The van der Waals surface area contributed by atoms with Crippen LogP contribution in [0.15, 0.2) is 72.8 Å². The second-order valence-electron chi connectivity index (χ2n) is 7.32. The summed E-state index contributed by atoms with van der Waals surface area (Å²) in [7, 11) is 0. The van der Waals surface area contributed by atoms with E-state index in [1.54, 1.807) is 30.3 Å². The zero-order valence-electron chi connectivity index (χ0n) is 17.0. The largest absolute Gasteiger partial charge is 0.465 e. The molecule has 0 aliphatic heterocycles. The van der Waals surface area contributed by atoms with Gasteiger partial charge in [0.2, 0.25) is 0 Å². The minimum atomic E-state index is -0.972. The molecule has 0 saturated heterocycles. The highest BCUT2D eigenvalue weighted by molar-refractivity contribution is 6.06. The number of carboxylic acid groups (broad SMARTS) is 1. The van der Waals surface area contributed by atoms with E-state index in [1.807, 2.05) is 56.3 Å². The van der Waals surface area contributed by atoms with Crippen molar-refractivity contribution in [3.05, 3.63) is 83.9 Å². The van der Waals surface area contributed by atoms with Crippen molar-refractivity contribution in [2.75, 3.05) is 11.1 Å². The molecule has 4 N–H and O–H groups in total. The molecule has 0 spiro atoms. The Balaban J connectivity index is 1.74. The molecule has 3 aromatic rings. The topological polar surface area (TPSA) is 95.7 Å². The molecular weight excluding hydrogens is 378 g/mol. The molecule has 0 radical (unpaired) electrons. The number of carbonyl (C=O) groups is 2. The highest BCUT2D eigenvalue weighted by Gasteiger charge is 2.16. The number of nitrogens with two attached hydrogens (primary N) is 1. The summed E-state index contributed by atoms with van der Waals surface area (Å²) < 4.78 is 0.